The summed E-state index contributed by atoms with van der Waals surface area (Å²) in [4.78, 5) is 9.59. The van der Waals surface area contributed by atoms with E-state index in [0.29, 0.717) is 0 Å². The van der Waals surface area contributed by atoms with Gasteiger partial charge in [-0.2, -0.15) is 0 Å². The van der Waals surface area contributed by atoms with E-state index >= 15 is 0 Å². The van der Waals surface area contributed by atoms with E-state index in [0.717, 1.165) is 0 Å². The molecule has 0 fully saturated rings. The van der Waals surface area contributed by atoms with Gasteiger partial charge in [0.2, 0.25) is 0 Å². The molecule has 2 aromatic carbocycles. The Labute approximate surface area is 134 Å². The van der Waals surface area contributed by atoms with Crippen molar-refractivity contribution < 1.29 is 9.53 Å². The molecule has 0 spiro atoms. The van der Waals surface area contributed by atoms with E-state index < -0.39 is 0 Å². The predicted octanol–water partition coefficient (Wildman–Crippen LogP) is 4.81. The van der Waals surface area contributed by atoms with Crippen LogP contribution in [-0.4, -0.2) is 13.1 Å². The van der Waals surface area contributed by atoms with Crippen LogP contribution in [0.5, 0.6) is 0 Å². The van der Waals surface area contributed by atoms with E-state index in [9.17, 15) is 4.79 Å². The molecule has 0 atom stereocenters. The standard InChI is InChI=1S/C17H20.C3H6O2/c1-13-5-9-15(10-6-13)17(3,4)16-11-7-14(2)8-12-16;1-3(4)5-2/h5-12H,1-4H3;1-2H3. The Bertz CT molecular complexity index is 545. The van der Waals surface area contributed by atoms with E-state index in [-0.39, 0.29) is 11.4 Å². The second-order valence-electron chi connectivity index (χ2n) is 6.05. The summed E-state index contributed by atoms with van der Waals surface area (Å²) in [5, 5.41) is 0. The zero-order chi connectivity index (χ0) is 16.8. The molecular formula is C20H26O2. The number of methoxy groups -OCH3 is 1. The maximum absolute atomic E-state index is 9.59. The number of carbonyl (C=O) groups excluding carboxylic acids is 1. The first-order valence-corrected chi connectivity index (χ1v) is 7.46. The van der Waals surface area contributed by atoms with Crippen molar-refractivity contribution >= 4 is 5.97 Å². The van der Waals surface area contributed by atoms with Crippen LogP contribution in [0.1, 0.15) is 43.0 Å². The van der Waals surface area contributed by atoms with Crippen LogP contribution in [0.4, 0.5) is 0 Å². The summed E-state index contributed by atoms with van der Waals surface area (Å²) in [6.07, 6.45) is 0. The van der Waals surface area contributed by atoms with Gasteiger partial charge in [-0.25, -0.2) is 0 Å². The van der Waals surface area contributed by atoms with Gasteiger partial charge in [0.1, 0.15) is 0 Å². The molecular weight excluding hydrogens is 272 g/mol. The lowest BCUT2D eigenvalue weighted by atomic mass is 9.78. The average Bonchev–Trinajstić information content (AvgIpc) is 2.48. The highest BCUT2D eigenvalue weighted by Gasteiger charge is 2.22. The summed E-state index contributed by atoms with van der Waals surface area (Å²) in [5.74, 6) is -0.245. The molecule has 0 bridgehead atoms. The van der Waals surface area contributed by atoms with Crippen molar-refractivity contribution in [3.63, 3.8) is 0 Å². The first-order chi connectivity index (χ1) is 10.3. The Morgan fingerprint density at radius 1 is 0.818 bits per heavy atom. The molecule has 0 N–H and O–H groups in total. The summed E-state index contributed by atoms with van der Waals surface area (Å²) >= 11 is 0. The number of carbonyl (C=O) groups is 1. The van der Waals surface area contributed by atoms with Crippen molar-refractivity contribution in [2.24, 2.45) is 0 Å². The van der Waals surface area contributed by atoms with Gasteiger partial charge in [0.25, 0.3) is 0 Å². The highest BCUT2D eigenvalue weighted by atomic mass is 16.5. The quantitative estimate of drug-likeness (QED) is 0.744. The van der Waals surface area contributed by atoms with Crippen molar-refractivity contribution in [1.29, 1.82) is 0 Å². The van der Waals surface area contributed by atoms with E-state index in [1.165, 1.54) is 36.3 Å². The second-order valence-corrected chi connectivity index (χ2v) is 6.05. The van der Waals surface area contributed by atoms with Gasteiger partial charge < -0.3 is 4.74 Å². The Morgan fingerprint density at radius 3 is 1.32 bits per heavy atom. The minimum Gasteiger partial charge on any atom is -0.469 e. The molecule has 0 radical (unpaired) electrons. The van der Waals surface area contributed by atoms with Crippen LogP contribution in [0, 0.1) is 13.8 Å². The number of benzene rings is 2. The predicted molar refractivity (Wildman–Crippen MR) is 92.2 cm³/mol. The Kier molecular flexibility index (Phi) is 6.36. The zero-order valence-electron chi connectivity index (χ0n) is 14.4. The summed E-state index contributed by atoms with van der Waals surface area (Å²) in [7, 11) is 1.35. The third kappa shape index (κ3) is 5.03. The third-order valence-electron chi connectivity index (χ3n) is 3.83. The topological polar surface area (TPSA) is 26.3 Å². The zero-order valence-corrected chi connectivity index (χ0v) is 14.4. The lowest BCUT2D eigenvalue weighted by Gasteiger charge is -2.26. The highest BCUT2D eigenvalue weighted by molar-refractivity contribution is 5.65. The first kappa shape index (κ1) is 18.0. The molecule has 118 valence electrons. The van der Waals surface area contributed by atoms with Crippen molar-refractivity contribution in [2.45, 2.75) is 40.0 Å². The van der Waals surface area contributed by atoms with Gasteiger partial charge in [0, 0.05) is 12.3 Å². The maximum Gasteiger partial charge on any atom is 0.302 e. The van der Waals surface area contributed by atoms with Gasteiger partial charge in [-0.15, -0.1) is 0 Å². The smallest absolute Gasteiger partial charge is 0.302 e. The van der Waals surface area contributed by atoms with Gasteiger partial charge in [-0.05, 0) is 25.0 Å². The molecule has 0 heterocycles. The molecule has 22 heavy (non-hydrogen) atoms. The number of esters is 1. The second kappa shape index (κ2) is 7.79. The lowest BCUT2D eigenvalue weighted by molar-refractivity contribution is -0.137. The molecule has 0 amide bonds. The Balaban J connectivity index is 0.000000422. The molecule has 0 aromatic heterocycles. The molecule has 2 nitrogen and oxygen atoms in total. The minimum atomic E-state index is -0.245. The highest BCUT2D eigenvalue weighted by Crippen LogP contribution is 2.31. The number of ether oxygens (including phenoxy) is 1. The summed E-state index contributed by atoms with van der Waals surface area (Å²) < 4.78 is 4.11. The van der Waals surface area contributed by atoms with Crippen LogP contribution in [0.25, 0.3) is 0 Å². The first-order valence-electron chi connectivity index (χ1n) is 7.46. The fourth-order valence-electron chi connectivity index (χ4n) is 2.11. The molecule has 0 saturated carbocycles. The van der Waals surface area contributed by atoms with Crippen molar-refractivity contribution in [1.82, 2.24) is 0 Å². The number of rotatable bonds is 2. The average molecular weight is 298 g/mol. The molecule has 0 saturated heterocycles. The van der Waals surface area contributed by atoms with Crippen LogP contribution < -0.4 is 0 Å². The van der Waals surface area contributed by atoms with Crippen LogP contribution in [-0.2, 0) is 14.9 Å². The lowest BCUT2D eigenvalue weighted by Crippen LogP contribution is -2.18. The number of hydrogen-bond donors (Lipinski definition) is 0. The van der Waals surface area contributed by atoms with Crippen molar-refractivity contribution in [3.8, 4) is 0 Å². The van der Waals surface area contributed by atoms with Crippen molar-refractivity contribution in [2.75, 3.05) is 7.11 Å². The Hall–Kier alpha value is -2.09. The molecule has 0 aliphatic carbocycles. The van der Waals surface area contributed by atoms with Gasteiger partial charge in [-0.3, -0.25) is 4.79 Å². The monoisotopic (exact) mass is 298 g/mol. The minimum absolute atomic E-state index is 0.0708. The fraction of sp³-hybridized carbons (Fsp3) is 0.350. The summed E-state index contributed by atoms with van der Waals surface area (Å²) in [5.41, 5.74) is 5.43. The molecule has 2 aromatic rings. The van der Waals surface area contributed by atoms with Gasteiger partial charge in [0.15, 0.2) is 0 Å². The van der Waals surface area contributed by atoms with E-state index in [1.54, 1.807) is 0 Å². The van der Waals surface area contributed by atoms with Crippen LogP contribution in [0.15, 0.2) is 48.5 Å². The number of hydrogen-bond acceptors (Lipinski definition) is 2. The third-order valence-corrected chi connectivity index (χ3v) is 3.83. The molecule has 0 aliphatic heterocycles. The SMILES string of the molecule is COC(C)=O.Cc1ccc(C(C)(C)c2ccc(C)cc2)cc1. The normalized spacial score (nSPS) is 10.5. The number of aryl methyl sites for hydroxylation is 2. The molecule has 2 heteroatoms. The van der Waals surface area contributed by atoms with Gasteiger partial charge >= 0.3 is 5.97 Å². The fourth-order valence-corrected chi connectivity index (χ4v) is 2.11. The summed E-state index contributed by atoms with van der Waals surface area (Å²) in [6.45, 7) is 10.2. The van der Waals surface area contributed by atoms with Crippen LogP contribution >= 0.6 is 0 Å². The largest absolute Gasteiger partial charge is 0.469 e. The maximum atomic E-state index is 9.59. The van der Waals surface area contributed by atoms with Gasteiger partial charge in [-0.1, -0.05) is 73.5 Å². The van der Waals surface area contributed by atoms with E-state index in [1.807, 2.05) is 0 Å². The molecule has 2 rings (SSSR count). The van der Waals surface area contributed by atoms with Gasteiger partial charge in [0.05, 0.1) is 7.11 Å². The van der Waals surface area contributed by atoms with E-state index in [2.05, 4.69) is 81.0 Å². The van der Waals surface area contributed by atoms with E-state index in [4.69, 9.17) is 0 Å². The molecule has 0 unspecified atom stereocenters. The Morgan fingerprint density at radius 2 is 1.09 bits per heavy atom. The van der Waals surface area contributed by atoms with Crippen LogP contribution in [0.2, 0.25) is 0 Å². The van der Waals surface area contributed by atoms with Crippen LogP contribution in [0.3, 0.4) is 0 Å². The summed E-state index contributed by atoms with van der Waals surface area (Å²) in [6, 6.07) is 17.7. The van der Waals surface area contributed by atoms with Crippen molar-refractivity contribution in [3.05, 3.63) is 70.8 Å². The molecule has 0 aliphatic rings.